The van der Waals surface area contributed by atoms with Gasteiger partial charge in [0.05, 0.1) is 6.07 Å². The minimum Gasteiger partial charge on any atom is -0.320 e. The van der Waals surface area contributed by atoms with Crippen molar-refractivity contribution in [3.05, 3.63) is 12.3 Å². The van der Waals surface area contributed by atoms with Crippen molar-refractivity contribution in [2.45, 2.75) is 0 Å². The Balaban J connectivity index is 2.98. The number of hydrogen-bond donors (Lipinski definition) is 0. The Morgan fingerprint density at radius 3 is 2.73 bits per heavy atom. The molecule has 4 heteroatoms. The van der Waals surface area contributed by atoms with Crippen LogP contribution in [0.3, 0.4) is 0 Å². The molecule has 1 aliphatic heterocycles. The van der Waals surface area contributed by atoms with Gasteiger partial charge in [-0.15, -0.1) is 0 Å². The Hall–Kier alpha value is -1.63. The largest absolute Gasteiger partial charge is 0.320 e. The predicted molar refractivity (Wildman–Crippen MR) is 36.0 cm³/mol. The molecule has 1 rings (SSSR count). The van der Waals surface area contributed by atoms with E-state index in [2.05, 4.69) is 0 Å². The standard InChI is InChI=1S/C7H6N2O2/c1-9-3-2-6(10)5(4-8)7(9)11/h2-3,5H,1H3. The summed E-state index contributed by atoms with van der Waals surface area (Å²) >= 11 is 0. The number of allylic oxidation sites excluding steroid dienone is 1. The van der Waals surface area contributed by atoms with E-state index < -0.39 is 17.6 Å². The SMILES string of the molecule is CN1C=CC(=O)C(C#N)C1=O. The molecule has 0 aliphatic carbocycles. The summed E-state index contributed by atoms with van der Waals surface area (Å²) in [5, 5.41) is 8.40. The maximum absolute atomic E-state index is 11.0. The fourth-order valence-corrected chi connectivity index (χ4v) is 0.799. The Bertz CT molecular complexity index is 275. The van der Waals surface area contributed by atoms with Crippen molar-refractivity contribution in [2.75, 3.05) is 7.05 Å². The van der Waals surface area contributed by atoms with Crippen LogP contribution in [0.15, 0.2) is 12.3 Å². The minimum absolute atomic E-state index is 0.435. The quantitative estimate of drug-likeness (QED) is 0.444. The van der Waals surface area contributed by atoms with Gasteiger partial charge in [0.2, 0.25) is 0 Å². The Morgan fingerprint density at radius 1 is 1.64 bits per heavy atom. The second-order valence-electron chi connectivity index (χ2n) is 2.23. The fourth-order valence-electron chi connectivity index (χ4n) is 0.799. The molecule has 0 spiro atoms. The summed E-state index contributed by atoms with van der Waals surface area (Å²) in [6, 6.07) is 1.64. The molecule has 0 radical (unpaired) electrons. The fraction of sp³-hybridized carbons (Fsp3) is 0.286. The third-order valence-electron chi connectivity index (χ3n) is 1.47. The van der Waals surface area contributed by atoms with Crippen molar-refractivity contribution in [1.29, 1.82) is 5.26 Å². The zero-order valence-electron chi connectivity index (χ0n) is 5.94. The van der Waals surface area contributed by atoms with Crippen LogP contribution >= 0.6 is 0 Å². The van der Waals surface area contributed by atoms with E-state index in [0.29, 0.717) is 0 Å². The maximum atomic E-state index is 11.0. The molecule has 0 saturated heterocycles. The predicted octanol–water partition coefficient (Wildman–Crippen LogP) is -0.319. The highest BCUT2D eigenvalue weighted by Crippen LogP contribution is 2.09. The van der Waals surface area contributed by atoms with Crippen molar-refractivity contribution in [3.63, 3.8) is 0 Å². The highest BCUT2D eigenvalue weighted by atomic mass is 16.2. The highest BCUT2D eigenvalue weighted by Gasteiger charge is 2.29. The lowest BCUT2D eigenvalue weighted by Gasteiger charge is -2.17. The summed E-state index contributed by atoms with van der Waals surface area (Å²) in [6.45, 7) is 0. The van der Waals surface area contributed by atoms with Crippen LogP contribution < -0.4 is 0 Å². The molecule has 0 aromatic rings. The van der Waals surface area contributed by atoms with E-state index >= 15 is 0 Å². The smallest absolute Gasteiger partial charge is 0.251 e. The molecule has 1 heterocycles. The first-order valence-corrected chi connectivity index (χ1v) is 3.05. The van der Waals surface area contributed by atoms with Gasteiger partial charge in [-0.25, -0.2) is 0 Å². The zero-order valence-corrected chi connectivity index (χ0v) is 5.94. The first kappa shape index (κ1) is 7.48. The van der Waals surface area contributed by atoms with Crippen LogP contribution in [0.5, 0.6) is 0 Å². The average Bonchev–Trinajstić information content (AvgIpc) is 1.99. The Kier molecular flexibility index (Phi) is 1.73. The minimum atomic E-state index is -1.13. The second-order valence-corrected chi connectivity index (χ2v) is 2.23. The number of nitriles is 1. The van der Waals surface area contributed by atoms with Crippen LogP contribution in [0.2, 0.25) is 0 Å². The van der Waals surface area contributed by atoms with Gasteiger partial charge in [-0.05, 0) is 6.08 Å². The van der Waals surface area contributed by atoms with Gasteiger partial charge in [-0.2, -0.15) is 5.26 Å². The van der Waals surface area contributed by atoms with Crippen molar-refractivity contribution in [3.8, 4) is 6.07 Å². The van der Waals surface area contributed by atoms with E-state index in [0.717, 1.165) is 0 Å². The van der Waals surface area contributed by atoms with Gasteiger partial charge < -0.3 is 4.90 Å². The number of amides is 1. The molecule has 1 unspecified atom stereocenters. The first-order valence-electron chi connectivity index (χ1n) is 3.05. The summed E-state index contributed by atoms with van der Waals surface area (Å²) in [5.74, 6) is -2.03. The Labute approximate surface area is 63.7 Å². The maximum Gasteiger partial charge on any atom is 0.251 e. The molecular weight excluding hydrogens is 144 g/mol. The molecule has 0 bridgehead atoms. The lowest BCUT2D eigenvalue weighted by Crippen LogP contribution is -2.36. The van der Waals surface area contributed by atoms with E-state index in [4.69, 9.17) is 5.26 Å². The van der Waals surface area contributed by atoms with Gasteiger partial charge in [0.15, 0.2) is 11.7 Å². The monoisotopic (exact) mass is 150 g/mol. The first-order chi connectivity index (χ1) is 5.16. The summed E-state index contributed by atoms with van der Waals surface area (Å²) in [6.07, 6.45) is 2.59. The van der Waals surface area contributed by atoms with Crippen molar-refractivity contribution < 1.29 is 9.59 Å². The van der Waals surface area contributed by atoms with Crippen molar-refractivity contribution in [2.24, 2.45) is 5.92 Å². The summed E-state index contributed by atoms with van der Waals surface area (Å²) < 4.78 is 0. The molecule has 0 N–H and O–H groups in total. The number of nitrogens with zero attached hydrogens (tertiary/aromatic N) is 2. The third kappa shape index (κ3) is 1.13. The van der Waals surface area contributed by atoms with Crippen LogP contribution in [0.25, 0.3) is 0 Å². The van der Waals surface area contributed by atoms with Crippen LogP contribution in [0.4, 0.5) is 0 Å². The van der Waals surface area contributed by atoms with E-state index in [9.17, 15) is 9.59 Å². The van der Waals surface area contributed by atoms with E-state index in [1.807, 2.05) is 0 Å². The summed E-state index contributed by atoms with van der Waals surface area (Å²) in [7, 11) is 1.51. The molecule has 56 valence electrons. The molecule has 11 heavy (non-hydrogen) atoms. The topological polar surface area (TPSA) is 61.2 Å². The number of hydrogen-bond acceptors (Lipinski definition) is 3. The van der Waals surface area contributed by atoms with Gasteiger partial charge >= 0.3 is 0 Å². The van der Waals surface area contributed by atoms with Crippen molar-refractivity contribution >= 4 is 11.7 Å². The molecule has 0 saturated carbocycles. The van der Waals surface area contributed by atoms with Crippen LogP contribution in [-0.4, -0.2) is 23.6 Å². The number of carbonyl (C=O) groups excluding carboxylic acids is 2. The normalized spacial score (nSPS) is 23.6. The molecule has 0 aromatic heterocycles. The van der Waals surface area contributed by atoms with Crippen molar-refractivity contribution in [1.82, 2.24) is 4.90 Å². The van der Waals surface area contributed by atoms with Gasteiger partial charge in [0, 0.05) is 13.2 Å². The molecule has 4 nitrogen and oxygen atoms in total. The van der Waals surface area contributed by atoms with Crippen LogP contribution in [-0.2, 0) is 9.59 Å². The molecular formula is C7H6N2O2. The summed E-state index contributed by atoms with van der Waals surface area (Å²) in [4.78, 5) is 23.1. The third-order valence-corrected chi connectivity index (χ3v) is 1.47. The van der Waals surface area contributed by atoms with Gasteiger partial charge in [0.1, 0.15) is 0 Å². The van der Waals surface area contributed by atoms with Gasteiger partial charge in [-0.1, -0.05) is 0 Å². The molecule has 1 amide bonds. The van der Waals surface area contributed by atoms with Gasteiger partial charge in [-0.3, -0.25) is 9.59 Å². The molecule has 1 atom stereocenters. The number of ketones is 1. The van der Waals surface area contributed by atoms with Crippen LogP contribution in [0, 0.1) is 17.2 Å². The second kappa shape index (κ2) is 2.54. The molecule has 1 aliphatic rings. The van der Waals surface area contributed by atoms with E-state index in [-0.39, 0.29) is 0 Å². The zero-order chi connectivity index (χ0) is 8.43. The average molecular weight is 150 g/mol. The molecule has 0 fully saturated rings. The van der Waals surface area contributed by atoms with E-state index in [1.54, 1.807) is 6.07 Å². The summed E-state index contributed by atoms with van der Waals surface area (Å²) in [5.41, 5.74) is 0. The number of rotatable bonds is 0. The van der Waals surface area contributed by atoms with Crippen LogP contribution in [0.1, 0.15) is 0 Å². The Morgan fingerprint density at radius 2 is 2.27 bits per heavy atom. The van der Waals surface area contributed by atoms with E-state index in [1.165, 1.54) is 24.2 Å². The molecule has 0 aromatic carbocycles. The number of carbonyl (C=O) groups is 2. The highest BCUT2D eigenvalue weighted by molar-refractivity contribution is 6.11. The van der Waals surface area contributed by atoms with Gasteiger partial charge in [0.25, 0.3) is 5.91 Å². The lowest BCUT2D eigenvalue weighted by atomic mass is 10.0. The lowest BCUT2D eigenvalue weighted by molar-refractivity contribution is -0.135.